The molecular weight excluding hydrogens is 262 g/mol. The molecule has 2 heterocycles. The summed E-state index contributed by atoms with van der Waals surface area (Å²) in [5, 5.41) is 3.33. The zero-order valence-electron chi connectivity index (χ0n) is 10.1. The lowest BCUT2D eigenvalue weighted by atomic mass is 10.2. The standard InChI is InChI=1S/C13H10ClN5/c1-8-3-2-4-9(7-8)17-12-10-11(16-6-5-15-10)18-13(14)19-12/h2-7H,1H3,(H,16,17,18,19). The maximum atomic E-state index is 5.89. The molecule has 0 aliphatic rings. The van der Waals surface area contributed by atoms with Gasteiger partial charge in [0, 0.05) is 18.1 Å². The number of halogens is 1. The maximum Gasteiger partial charge on any atom is 0.226 e. The highest BCUT2D eigenvalue weighted by atomic mass is 35.5. The van der Waals surface area contributed by atoms with Crippen molar-refractivity contribution in [2.45, 2.75) is 6.92 Å². The number of nitrogens with one attached hydrogen (secondary N) is 1. The third-order valence-electron chi connectivity index (χ3n) is 2.59. The van der Waals surface area contributed by atoms with Crippen LogP contribution in [0.5, 0.6) is 0 Å². The van der Waals surface area contributed by atoms with Crippen molar-refractivity contribution in [2.24, 2.45) is 0 Å². The predicted molar refractivity (Wildman–Crippen MR) is 74.6 cm³/mol. The van der Waals surface area contributed by atoms with Gasteiger partial charge in [-0.25, -0.2) is 9.97 Å². The highest BCUT2D eigenvalue weighted by Crippen LogP contribution is 2.22. The lowest BCUT2D eigenvalue weighted by Crippen LogP contribution is -1.99. The number of hydrogen-bond acceptors (Lipinski definition) is 5. The number of aryl methyl sites for hydroxylation is 1. The molecule has 0 aliphatic carbocycles. The van der Waals surface area contributed by atoms with E-state index in [4.69, 9.17) is 11.6 Å². The van der Waals surface area contributed by atoms with E-state index >= 15 is 0 Å². The fourth-order valence-electron chi connectivity index (χ4n) is 1.78. The molecule has 3 aromatic rings. The van der Waals surface area contributed by atoms with Crippen LogP contribution in [-0.4, -0.2) is 19.9 Å². The SMILES string of the molecule is Cc1cccc(Nc2nc(Cl)nc3nccnc23)c1. The molecule has 0 saturated carbocycles. The minimum atomic E-state index is 0.142. The maximum absolute atomic E-state index is 5.89. The molecule has 94 valence electrons. The summed E-state index contributed by atoms with van der Waals surface area (Å²) in [5.74, 6) is 0.550. The lowest BCUT2D eigenvalue weighted by molar-refractivity contribution is 1.15. The van der Waals surface area contributed by atoms with Crippen molar-refractivity contribution in [3.63, 3.8) is 0 Å². The van der Waals surface area contributed by atoms with Crippen LogP contribution in [0, 0.1) is 6.92 Å². The van der Waals surface area contributed by atoms with Gasteiger partial charge in [0.1, 0.15) is 0 Å². The van der Waals surface area contributed by atoms with Crippen LogP contribution >= 0.6 is 11.6 Å². The molecule has 6 heteroatoms. The molecule has 1 N–H and O–H groups in total. The first-order valence-electron chi connectivity index (χ1n) is 5.70. The predicted octanol–water partition coefficient (Wildman–Crippen LogP) is 3.13. The normalized spacial score (nSPS) is 10.6. The Balaban J connectivity index is 2.09. The van der Waals surface area contributed by atoms with Crippen molar-refractivity contribution >= 4 is 34.3 Å². The van der Waals surface area contributed by atoms with Crippen LogP contribution in [0.1, 0.15) is 5.56 Å². The molecule has 19 heavy (non-hydrogen) atoms. The van der Waals surface area contributed by atoms with Gasteiger partial charge in [-0.3, -0.25) is 0 Å². The summed E-state index contributed by atoms with van der Waals surface area (Å²) in [5.41, 5.74) is 3.13. The van der Waals surface area contributed by atoms with Gasteiger partial charge >= 0.3 is 0 Å². The lowest BCUT2D eigenvalue weighted by Gasteiger charge is -2.08. The molecule has 5 nitrogen and oxygen atoms in total. The molecule has 3 rings (SSSR count). The molecule has 2 aromatic heterocycles. The summed E-state index contributed by atoms with van der Waals surface area (Å²) in [6.45, 7) is 2.02. The van der Waals surface area contributed by atoms with Crippen LogP contribution < -0.4 is 5.32 Å². The van der Waals surface area contributed by atoms with Gasteiger partial charge < -0.3 is 5.32 Å². The van der Waals surface area contributed by atoms with E-state index in [9.17, 15) is 0 Å². The number of hydrogen-bond donors (Lipinski definition) is 1. The quantitative estimate of drug-likeness (QED) is 0.726. The molecule has 0 fully saturated rings. The fourth-order valence-corrected chi connectivity index (χ4v) is 1.95. The summed E-state index contributed by atoms with van der Waals surface area (Å²) in [4.78, 5) is 16.6. The molecule has 0 saturated heterocycles. The van der Waals surface area contributed by atoms with Crippen molar-refractivity contribution < 1.29 is 0 Å². The van der Waals surface area contributed by atoms with E-state index < -0.39 is 0 Å². The second-order valence-corrected chi connectivity index (χ2v) is 4.40. The monoisotopic (exact) mass is 271 g/mol. The largest absolute Gasteiger partial charge is 0.338 e. The third kappa shape index (κ3) is 2.46. The Bertz CT molecular complexity index is 744. The van der Waals surface area contributed by atoms with Crippen LogP contribution in [0.25, 0.3) is 11.2 Å². The van der Waals surface area contributed by atoms with Gasteiger partial charge in [0.2, 0.25) is 5.28 Å². The first-order chi connectivity index (χ1) is 9.22. The van der Waals surface area contributed by atoms with E-state index in [1.807, 2.05) is 31.2 Å². The van der Waals surface area contributed by atoms with Crippen LogP contribution in [0.3, 0.4) is 0 Å². The molecule has 0 atom stereocenters. The zero-order chi connectivity index (χ0) is 13.2. The van der Waals surface area contributed by atoms with Gasteiger partial charge in [-0.15, -0.1) is 0 Å². The molecule has 0 unspecified atom stereocenters. The summed E-state index contributed by atoms with van der Waals surface area (Å²) in [7, 11) is 0. The van der Waals surface area contributed by atoms with Gasteiger partial charge in [0.25, 0.3) is 0 Å². The highest BCUT2D eigenvalue weighted by Gasteiger charge is 2.08. The fraction of sp³-hybridized carbons (Fsp3) is 0.0769. The molecule has 0 bridgehead atoms. The Hall–Kier alpha value is -2.27. The van der Waals surface area contributed by atoms with Crippen LogP contribution in [0.15, 0.2) is 36.7 Å². The number of nitrogens with zero attached hydrogens (tertiary/aromatic N) is 4. The van der Waals surface area contributed by atoms with E-state index in [0.717, 1.165) is 11.3 Å². The van der Waals surface area contributed by atoms with E-state index in [1.54, 1.807) is 12.4 Å². The number of aromatic nitrogens is 4. The average molecular weight is 272 g/mol. The molecule has 0 aliphatic heterocycles. The van der Waals surface area contributed by atoms with Crippen LogP contribution in [0.4, 0.5) is 11.5 Å². The van der Waals surface area contributed by atoms with E-state index in [2.05, 4.69) is 25.3 Å². The molecule has 1 aromatic carbocycles. The van der Waals surface area contributed by atoms with Crippen molar-refractivity contribution in [3.05, 3.63) is 47.5 Å². The van der Waals surface area contributed by atoms with Crippen LogP contribution in [-0.2, 0) is 0 Å². The third-order valence-corrected chi connectivity index (χ3v) is 2.76. The molecular formula is C13H10ClN5. The summed E-state index contributed by atoms with van der Waals surface area (Å²) in [6.07, 6.45) is 3.17. The average Bonchev–Trinajstić information content (AvgIpc) is 2.38. The first kappa shape index (κ1) is 11.8. The van der Waals surface area contributed by atoms with Crippen molar-refractivity contribution in [3.8, 4) is 0 Å². The van der Waals surface area contributed by atoms with Gasteiger partial charge in [-0.05, 0) is 36.2 Å². The van der Waals surface area contributed by atoms with Crippen molar-refractivity contribution in [1.29, 1.82) is 0 Å². The Labute approximate surface area is 114 Å². The van der Waals surface area contributed by atoms with Crippen molar-refractivity contribution in [2.75, 3.05) is 5.32 Å². The zero-order valence-corrected chi connectivity index (χ0v) is 10.9. The van der Waals surface area contributed by atoms with Crippen molar-refractivity contribution in [1.82, 2.24) is 19.9 Å². The summed E-state index contributed by atoms with van der Waals surface area (Å²) >= 11 is 5.89. The van der Waals surface area contributed by atoms with Crippen LogP contribution in [0.2, 0.25) is 5.28 Å². The number of benzene rings is 1. The van der Waals surface area contributed by atoms with E-state index in [-0.39, 0.29) is 5.28 Å². The van der Waals surface area contributed by atoms with Gasteiger partial charge in [-0.2, -0.15) is 9.97 Å². The first-order valence-corrected chi connectivity index (χ1v) is 6.08. The minimum absolute atomic E-state index is 0.142. The minimum Gasteiger partial charge on any atom is -0.338 e. The second kappa shape index (κ2) is 4.78. The Morgan fingerprint density at radius 3 is 2.79 bits per heavy atom. The molecule has 0 spiro atoms. The Morgan fingerprint density at radius 1 is 1.11 bits per heavy atom. The summed E-state index contributed by atoms with van der Waals surface area (Å²) in [6, 6.07) is 7.95. The molecule has 0 radical (unpaired) electrons. The Kier molecular flexibility index (Phi) is 2.97. The summed E-state index contributed by atoms with van der Waals surface area (Å²) < 4.78 is 0. The smallest absolute Gasteiger partial charge is 0.226 e. The second-order valence-electron chi connectivity index (χ2n) is 4.06. The molecule has 0 amide bonds. The van der Waals surface area contributed by atoms with Gasteiger partial charge in [0.15, 0.2) is 17.0 Å². The highest BCUT2D eigenvalue weighted by molar-refractivity contribution is 6.28. The number of fused-ring (bicyclic) bond motifs is 1. The van der Waals surface area contributed by atoms with E-state index in [0.29, 0.717) is 17.0 Å². The van der Waals surface area contributed by atoms with E-state index in [1.165, 1.54) is 0 Å². The van der Waals surface area contributed by atoms with Gasteiger partial charge in [0.05, 0.1) is 0 Å². The Morgan fingerprint density at radius 2 is 1.95 bits per heavy atom. The number of rotatable bonds is 2. The number of anilines is 2. The topological polar surface area (TPSA) is 63.6 Å². The van der Waals surface area contributed by atoms with Gasteiger partial charge in [-0.1, -0.05) is 12.1 Å².